The van der Waals surface area contributed by atoms with Gasteiger partial charge < -0.3 is 10.6 Å². The number of alkyl halides is 5. The van der Waals surface area contributed by atoms with Gasteiger partial charge in [0.1, 0.15) is 17.7 Å². The smallest absolute Gasteiger partial charge is 0.363 e. The third kappa shape index (κ3) is 7.48. The second-order valence-corrected chi connectivity index (χ2v) is 12.7. The van der Waals surface area contributed by atoms with E-state index in [1.165, 1.54) is 18.2 Å². The summed E-state index contributed by atoms with van der Waals surface area (Å²) in [6, 6.07) is 12.5. The molecule has 1 aliphatic rings. The number of rotatable bonds is 9. The topological polar surface area (TPSA) is 104 Å². The highest BCUT2D eigenvalue weighted by Crippen LogP contribution is 2.36. The molecule has 46 heavy (non-hydrogen) atoms. The quantitative estimate of drug-likeness (QED) is 0.207. The summed E-state index contributed by atoms with van der Waals surface area (Å²) in [5.74, 6) is -4.92. The molecular weight excluding hydrogens is 636 g/mol. The van der Waals surface area contributed by atoms with E-state index in [9.17, 15) is 39.6 Å². The highest BCUT2D eigenvalue weighted by Gasteiger charge is 2.52. The number of amides is 1. The first-order chi connectivity index (χ1) is 21.6. The minimum absolute atomic E-state index is 0.253. The first-order valence-corrected chi connectivity index (χ1v) is 15.3. The maximum Gasteiger partial charge on any atom is 0.416 e. The number of anilines is 1. The zero-order valence-corrected chi connectivity index (χ0v) is 24.9. The zero-order chi connectivity index (χ0) is 33.3. The van der Waals surface area contributed by atoms with Gasteiger partial charge in [0.25, 0.3) is 5.92 Å². The van der Waals surface area contributed by atoms with E-state index in [0.29, 0.717) is 21.2 Å². The van der Waals surface area contributed by atoms with Gasteiger partial charge in [-0.25, -0.2) is 26.6 Å². The van der Waals surface area contributed by atoms with E-state index in [-0.39, 0.29) is 18.3 Å². The molecule has 0 aliphatic carbocycles. The second-order valence-electron chi connectivity index (χ2n) is 10.8. The third-order valence-electron chi connectivity index (χ3n) is 7.36. The Kier molecular flexibility index (Phi) is 9.09. The number of nitrogens with zero attached hydrogens (tertiary/aromatic N) is 3. The van der Waals surface area contributed by atoms with Gasteiger partial charge in [0, 0.05) is 30.9 Å². The van der Waals surface area contributed by atoms with E-state index < -0.39 is 63.3 Å². The van der Waals surface area contributed by atoms with E-state index in [2.05, 4.69) is 20.6 Å². The molecule has 2 aromatic heterocycles. The van der Waals surface area contributed by atoms with Gasteiger partial charge in [-0.2, -0.15) is 17.5 Å². The number of nitrogens with one attached hydrogen (secondary N) is 2. The van der Waals surface area contributed by atoms with Crippen molar-refractivity contribution < 1.29 is 39.6 Å². The van der Waals surface area contributed by atoms with Crippen LogP contribution in [0.4, 0.5) is 32.2 Å². The van der Waals surface area contributed by atoms with Gasteiger partial charge in [0.15, 0.2) is 0 Å². The van der Waals surface area contributed by atoms with Gasteiger partial charge in [-0.1, -0.05) is 18.2 Å². The molecule has 2 unspecified atom stereocenters. The third-order valence-corrected chi connectivity index (χ3v) is 9.23. The number of halogens is 6. The molecule has 15 heteroatoms. The van der Waals surface area contributed by atoms with Crippen LogP contribution in [0.3, 0.4) is 0 Å². The van der Waals surface area contributed by atoms with Crippen molar-refractivity contribution in [2.75, 3.05) is 11.9 Å². The van der Waals surface area contributed by atoms with Crippen LogP contribution in [0.25, 0.3) is 11.3 Å². The van der Waals surface area contributed by atoms with Crippen molar-refractivity contribution in [2.24, 2.45) is 0 Å². The van der Waals surface area contributed by atoms with E-state index in [1.54, 1.807) is 24.5 Å². The molecule has 1 saturated heterocycles. The van der Waals surface area contributed by atoms with Crippen LogP contribution in [0, 0.1) is 5.82 Å². The Morgan fingerprint density at radius 3 is 2.39 bits per heavy atom. The molecule has 1 amide bonds. The summed E-state index contributed by atoms with van der Waals surface area (Å²) in [5.41, 5.74) is 0.955. The summed E-state index contributed by atoms with van der Waals surface area (Å²) in [6.45, 7) is 0.344. The molecule has 1 fully saturated rings. The number of carbonyl (C=O) groups is 1. The fourth-order valence-electron chi connectivity index (χ4n) is 4.99. The summed E-state index contributed by atoms with van der Waals surface area (Å²) in [5, 5.41) is 5.70. The molecule has 1 aliphatic heterocycles. The number of hydrogen-bond acceptors (Lipinski definition) is 6. The van der Waals surface area contributed by atoms with E-state index in [4.69, 9.17) is 0 Å². The molecular formula is C31H27F6N5O3S. The van der Waals surface area contributed by atoms with Crippen LogP contribution < -0.4 is 10.6 Å². The highest BCUT2D eigenvalue weighted by molar-refractivity contribution is 7.89. The molecule has 0 bridgehead atoms. The number of sulfonamides is 1. The Hall–Kier alpha value is -4.50. The largest absolute Gasteiger partial charge is 0.416 e. The first-order valence-electron chi connectivity index (χ1n) is 13.9. The average molecular weight is 664 g/mol. The molecule has 2 atom stereocenters. The molecule has 242 valence electrons. The molecule has 8 nitrogen and oxygen atoms in total. The Morgan fingerprint density at radius 2 is 1.76 bits per heavy atom. The van der Waals surface area contributed by atoms with Crippen LogP contribution in [0.1, 0.15) is 36.1 Å². The SMILES string of the molecule is CC(Nc1cc(CNC(=O)C2CC(F)(F)CN2S(=O)(=O)c2ccc(F)cc2)cc(-c2ccc(C(F)(F)F)cc2)n1)c1cccnc1. The van der Waals surface area contributed by atoms with Crippen LogP contribution >= 0.6 is 0 Å². The zero-order valence-electron chi connectivity index (χ0n) is 24.1. The number of aromatic nitrogens is 2. The Bertz CT molecular complexity index is 1810. The van der Waals surface area contributed by atoms with Crippen molar-refractivity contribution in [3.05, 3.63) is 108 Å². The molecule has 0 saturated carbocycles. The summed E-state index contributed by atoms with van der Waals surface area (Å²) >= 11 is 0. The van der Waals surface area contributed by atoms with Gasteiger partial charge in [0.2, 0.25) is 15.9 Å². The number of hydrogen-bond donors (Lipinski definition) is 2. The molecule has 0 spiro atoms. The summed E-state index contributed by atoms with van der Waals surface area (Å²) in [7, 11) is -4.59. The van der Waals surface area contributed by atoms with Crippen molar-refractivity contribution in [3.8, 4) is 11.3 Å². The van der Waals surface area contributed by atoms with Gasteiger partial charge in [-0.15, -0.1) is 0 Å². The molecule has 4 aromatic rings. The lowest BCUT2D eigenvalue weighted by Crippen LogP contribution is -2.45. The van der Waals surface area contributed by atoms with Crippen LogP contribution in [-0.2, 0) is 27.5 Å². The predicted octanol–water partition coefficient (Wildman–Crippen LogP) is 6.19. The predicted molar refractivity (Wildman–Crippen MR) is 156 cm³/mol. The van der Waals surface area contributed by atoms with Crippen molar-refractivity contribution in [3.63, 3.8) is 0 Å². The fourth-order valence-corrected chi connectivity index (χ4v) is 6.61. The standard InChI is InChI=1S/C31H27F6N5O3S/c1-19(22-3-2-12-38-17-22)40-28-14-20(13-26(41-28)21-4-6-23(7-5-21)31(35,36)37)16-39-29(43)27-15-30(33,34)18-42(27)46(44,45)25-10-8-24(32)9-11-25/h2-14,17,19,27H,15-16,18H2,1H3,(H,39,43)(H,40,41). The van der Waals surface area contributed by atoms with E-state index >= 15 is 0 Å². The van der Waals surface area contributed by atoms with Crippen LogP contribution in [0.5, 0.6) is 0 Å². The van der Waals surface area contributed by atoms with Crippen molar-refractivity contribution in [2.45, 2.75) is 49.0 Å². The molecule has 3 heterocycles. The lowest BCUT2D eigenvalue weighted by Gasteiger charge is -2.23. The summed E-state index contributed by atoms with van der Waals surface area (Å²) in [4.78, 5) is 21.4. The first kappa shape index (κ1) is 32.9. The lowest BCUT2D eigenvalue weighted by atomic mass is 10.1. The minimum Gasteiger partial charge on any atom is -0.363 e. The molecule has 0 radical (unpaired) electrons. The van der Waals surface area contributed by atoms with Crippen molar-refractivity contribution >= 4 is 21.7 Å². The Balaban J connectivity index is 1.41. The van der Waals surface area contributed by atoms with Crippen LogP contribution in [0.15, 0.2) is 90.1 Å². The Morgan fingerprint density at radius 1 is 1.07 bits per heavy atom. The normalized spacial score (nSPS) is 17.4. The fraction of sp³-hybridized carbons (Fsp3) is 0.258. The number of carbonyl (C=O) groups excluding carboxylic acids is 1. The van der Waals surface area contributed by atoms with E-state index in [1.807, 2.05) is 13.0 Å². The summed E-state index contributed by atoms with van der Waals surface area (Å²) < 4.78 is 109. The van der Waals surface area contributed by atoms with Gasteiger partial charge in [-0.3, -0.25) is 9.78 Å². The van der Waals surface area contributed by atoms with E-state index in [0.717, 1.165) is 42.0 Å². The Labute approximate surface area is 260 Å². The second kappa shape index (κ2) is 12.7. The maximum atomic E-state index is 14.5. The average Bonchev–Trinajstić information content (AvgIpc) is 3.36. The number of pyridine rings is 2. The van der Waals surface area contributed by atoms with Crippen molar-refractivity contribution in [1.29, 1.82) is 0 Å². The van der Waals surface area contributed by atoms with Gasteiger partial charge >= 0.3 is 6.18 Å². The van der Waals surface area contributed by atoms with Crippen LogP contribution in [-0.4, -0.2) is 47.1 Å². The maximum absolute atomic E-state index is 14.5. The van der Waals surface area contributed by atoms with Crippen LogP contribution in [0.2, 0.25) is 0 Å². The molecule has 5 rings (SSSR count). The van der Waals surface area contributed by atoms with Crippen molar-refractivity contribution in [1.82, 2.24) is 19.6 Å². The molecule has 2 N–H and O–H groups in total. The minimum atomic E-state index is -4.59. The monoisotopic (exact) mass is 663 g/mol. The highest BCUT2D eigenvalue weighted by atomic mass is 32.2. The van der Waals surface area contributed by atoms with Gasteiger partial charge in [-0.05, 0) is 72.6 Å². The summed E-state index contributed by atoms with van der Waals surface area (Å²) in [6.07, 6.45) is -2.37. The number of benzene rings is 2. The lowest BCUT2D eigenvalue weighted by molar-refractivity contribution is -0.137. The van der Waals surface area contributed by atoms with Gasteiger partial charge in [0.05, 0.1) is 28.7 Å². The molecule has 2 aromatic carbocycles.